The number of morpholine rings is 1. The lowest BCUT2D eigenvalue weighted by atomic mass is 10.1. The maximum atomic E-state index is 13.2. The standard InChI is InChI=1S/C25H27ClF3N3O6S/c26-20-6-4-17(25(27,28)29)14-21(20)30-23(33)16-38-24(34)19-15-18(39(35,36)32-10-12-37-13-11-32)5-7-22(19)31-8-2-1-3-9-31/h4-7,14-15H,1-3,8-13,16H2,(H,30,33). The number of rotatable bonds is 7. The van der Waals surface area contributed by atoms with Gasteiger partial charge in [0.25, 0.3) is 5.91 Å². The van der Waals surface area contributed by atoms with E-state index in [0.29, 0.717) is 24.8 Å². The van der Waals surface area contributed by atoms with Crippen LogP contribution in [-0.2, 0) is 30.5 Å². The van der Waals surface area contributed by atoms with E-state index in [1.165, 1.54) is 16.4 Å². The Morgan fingerprint density at radius 3 is 2.36 bits per heavy atom. The lowest BCUT2D eigenvalue weighted by Gasteiger charge is -2.31. The lowest BCUT2D eigenvalue weighted by Crippen LogP contribution is -2.40. The highest BCUT2D eigenvalue weighted by Gasteiger charge is 2.32. The summed E-state index contributed by atoms with van der Waals surface area (Å²) >= 11 is 5.92. The number of benzene rings is 2. The van der Waals surface area contributed by atoms with Gasteiger partial charge in [-0.15, -0.1) is 0 Å². The Hall–Kier alpha value is -2.87. The molecule has 0 atom stereocenters. The van der Waals surface area contributed by atoms with Gasteiger partial charge in [-0.1, -0.05) is 11.6 Å². The van der Waals surface area contributed by atoms with Crippen LogP contribution < -0.4 is 10.2 Å². The van der Waals surface area contributed by atoms with Crippen molar-refractivity contribution >= 4 is 44.9 Å². The summed E-state index contributed by atoms with van der Waals surface area (Å²) in [6.07, 6.45) is -1.84. The van der Waals surface area contributed by atoms with Gasteiger partial charge in [-0.05, 0) is 55.7 Å². The molecule has 0 aromatic heterocycles. The van der Waals surface area contributed by atoms with Crippen molar-refractivity contribution in [1.82, 2.24) is 4.31 Å². The first-order valence-electron chi connectivity index (χ1n) is 12.3. The number of ether oxygens (including phenoxy) is 2. The monoisotopic (exact) mass is 589 g/mol. The van der Waals surface area contributed by atoms with Gasteiger partial charge in [-0.2, -0.15) is 17.5 Å². The van der Waals surface area contributed by atoms with Crippen LogP contribution in [0.5, 0.6) is 0 Å². The first-order chi connectivity index (χ1) is 18.5. The Bertz CT molecular complexity index is 1330. The number of sulfonamides is 1. The number of nitrogens with one attached hydrogen (secondary N) is 1. The highest BCUT2D eigenvalue weighted by molar-refractivity contribution is 7.89. The SMILES string of the molecule is O=C(COC(=O)c1cc(S(=O)(=O)N2CCOCC2)ccc1N1CCCCC1)Nc1cc(C(F)(F)F)ccc1Cl. The van der Waals surface area contributed by atoms with Gasteiger partial charge in [0.2, 0.25) is 10.0 Å². The molecule has 39 heavy (non-hydrogen) atoms. The number of alkyl halides is 3. The molecule has 0 bridgehead atoms. The fraction of sp³-hybridized carbons (Fsp3) is 0.440. The fourth-order valence-electron chi connectivity index (χ4n) is 4.38. The van der Waals surface area contributed by atoms with Crippen LogP contribution in [0.3, 0.4) is 0 Å². The van der Waals surface area contributed by atoms with Crippen LogP contribution in [0.25, 0.3) is 0 Å². The van der Waals surface area contributed by atoms with E-state index in [2.05, 4.69) is 5.32 Å². The highest BCUT2D eigenvalue weighted by atomic mass is 35.5. The molecule has 0 saturated carbocycles. The summed E-state index contributed by atoms with van der Waals surface area (Å²) in [4.78, 5) is 27.4. The van der Waals surface area contributed by atoms with Crippen LogP contribution in [0.2, 0.25) is 5.02 Å². The van der Waals surface area contributed by atoms with E-state index in [-0.39, 0.29) is 47.5 Å². The number of hydrogen-bond donors (Lipinski definition) is 1. The van der Waals surface area contributed by atoms with Crippen LogP contribution in [0.4, 0.5) is 24.5 Å². The van der Waals surface area contributed by atoms with Gasteiger partial charge in [0, 0.05) is 26.2 Å². The maximum Gasteiger partial charge on any atom is 0.416 e. The van der Waals surface area contributed by atoms with Gasteiger partial charge >= 0.3 is 12.1 Å². The molecule has 2 aliphatic heterocycles. The number of nitrogens with zero attached hydrogens (tertiary/aromatic N) is 2. The second-order valence-electron chi connectivity index (χ2n) is 9.06. The number of esters is 1. The van der Waals surface area contributed by atoms with E-state index >= 15 is 0 Å². The van der Waals surface area contributed by atoms with Crippen molar-refractivity contribution < 1.29 is 40.7 Å². The van der Waals surface area contributed by atoms with Crippen LogP contribution in [0.1, 0.15) is 35.2 Å². The Balaban J connectivity index is 1.54. The molecule has 14 heteroatoms. The van der Waals surface area contributed by atoms with E-state index in [1.54, 1.807) is 6.07 Å². The van der Waals surface area contributed by atoms with Crippen LogP contribution >= 0.6 is 11.6 Å². The summed E-state index contributed by atoms with van der Waals surface area (Å²) in [6.45, 7) is 1.35. The summed E-state index contributed by atoms with van der Waals surface area (Å²) in [6, 6.07) is 6.68. The molecule has 4 rings (SSSR count). The normalized spacial score (nSPS) is 17.1. The first-order valence-corrected chi connectivity index (χ1v) is 14.1. The molecule has 212 valence electrons. The van der Waals surface area contributed by atoms with Crippen LogP contribution in [0.15, 0.2) is 41.3 Å². The van der Waals surface area contributed by atoms with Gasteiger partial charge in [0.15, 0.2) is 6.61 Å². The summed E-state index contributed by atoms with van der Waals surface area (Å²) in [7, 11) is -3.92. The third-order valence-corrected chi connectivity index (χ3v) is 8.62. The topological polar surface area (TPSA) is 105 Å². The molecule has 2 saturated heterocycles. The van der Waals surface area contributed by atoms with Crippen LogP contribution in [0, 0.1) is 0 Å². The third-order valence-electron chi connectivity index (χ3n) is 6.39. The quantitative estimate of drug-likeness (QED) is 0.484. The Morgan fingerprint density at radius 1 is 1.00 bits per heavy atom. The number of amides is 1. The van der Waals surface area contributed by atoms with E-state index in [9.17, 15) is 31.2 Å². The van der Waals surface area contributed by atoms with Crippen molar-refractivity contribution in [2.45, 2.75) is 30.3 Å². The summed E-state index contributed by atoms with van der Waals surface area (Å²) in [5.74, 6) is -1.86. The summed E-state index contributed by atoms with van der Waals surface area (Å²) < 4.78 is 77.1. The predicted molar refractivity (Wildman–Crippen MR) is 137 cm³/mol. The Labute approximate surface area is 228 Å². The van der Waals surface area contributed by atoms with Gasteiger partial charge in [0.05, 0.1) is 45.6 Å². The van der Waals surface area contributed by atoms with Crippen molar-refractivity contribution in [3.63, 3.8) is 0 Å². The largest absolute Gasteiger partial charge is 0.452 e. The summed E-state index contributed by atoms with van der Waals surface area (Å²) in [5.41, 5.74) is -0.859. The maximum absolute atomic E-state index is 13.2. The molecule has 0 unspecified atom stereocenters. The molecule has 2 fully saturated rings. The van der Waals surface area contributed by atoms with Crippen molar-refractivity contribution in [2.75, 3.05) is 56.2 Å². The van der Waals surface area contributed by atoms with Crippen molar-refractivity contribution in [2.24, 2.45) is 0 Å². The third kappa shape index (κ3) is 7.02. The first kappa shape index (κ1) is 29.1. The fourth-order valence-corrected chi connectivity index (χ4v) is 5.98. The zero-order chi connectivity index (χ0) is 28.2. The number of halogens is 4. The molecule has 2 heterocycles. The van der Waals surface area contributed by atoms with E-state index < -0.39 is 40.2 Å². The molecule has 2 aromatic carbocycles. The number of hydrogen-bond acceptors (Lipinski definition) is 7. The molecule has 2 aliphatic rings. The zero-order valence-electron chi connectivity index (χ0n) is 20.8. The molecule has 1 N–H and O–H groups in total. The minimum atomic E-state index is -4.64. The molecule has 0 aliphatic carbocycles. The summed E-state index contributed by atoms with van der Waals surface area (Å²) in [5, 5.41) is 2.08. The molecule has 1 amide bonds. The Kier molecular flexibility index (Phi) is 9.04. The second kappa shape index (κ2) is 12.1. The molecular weight excluding hydrogens is 563 g/mol. The Morgan fingerprint density at radius 2 is 1.69 bits per heavy atom. The lowest BCUT2D eigenvalue weighted by molar-refractivity contribution is -0.137. The predicted octanol–water partition coefficient (Wildman–Crippen LogP) is 4.17. The van der Waals surface area contributed by atoms with Gasteiger partial charge in [-0.3, -0.25) is 4.79 Å². The minimum Gasteiger partial charge on any atom is -0.452 e. The number of carbonyl (C=O) groups excluding carboxylic acids is 2. The molecule has 0 spiro atoms. The van der Waals surface area contributed by atoms with Crippen molar-refractivity contribution in [1.29, 1.82) is 0 Å². The van der Waals surface area contributed by atoms with Gasteiger partial charge < -0.3 is 19.7 Å². The minimum absolute atomic E-state index is 0.0314. The average molecular weight is 590 g/mol. The molecular formula is C25H27ClF3N3O6S. The average Bonchev–Trinajstić information content (AvgIpc) is 2.93. The van der Waals surface area contributed by atoms with Gasteiger partial charge in [-0.25, -0.2) is 13.2 Å². The zero-order valence-corrected chi connectivity index (χ0v) is 22.4. The van der Waals surface area contributed by atoms with E-state index in [0.717, 1.165) is 31.4 Å². The second-order valence-corrected chi connectivity index (χ2v) is 11.4. The smallest absolute Gasteiger partial charge is 0.416 e. The van der Waals surface area contributed by atoms with Crippen LogP contribution in [-0.4, -0.2) is 70.6 Å². The molecule has 0 radical (unpaired) electrons. The molecule has 9 nitrogen and oxygen atoms in total. The molecule has 2 aromatic rings. The highest BCUT2D eigenvalue weighted by Crippen LogP contribution is 2.34. The number of anilines is 2. The van der Waals surface area contributed by atoms with Crippen molar-refractivity contribution in [3.8, 4) is 0 Å². The number of piperidine rings is 1. The number of carbonyl (C=O) groups is 2. The van der Waals surface area contributed by atoms with E-state index in [1.807, 2.05) is 4.90 Å². The van der Waals surface area contributed by atoms with Crippen molar-refractivity contribution in [3.05, 3.63) is 52.5 Å². The van der Waals surface area contributed by atoms with E-state index in [4.69, 9.17) is 21.1 Å². The van der Waals surface area contributed by atoms with Gasteiger partial charge in [0.1, 0.15) is 0 Å².